The van der Waals surface area contributed by atoms with Gasteiger partial charge in [0.1, 0.15) is 23.5 Å². The molecule has 0 radical (unpaired) electrons. The van der Waals surface area contributed by atoms with Crippen LogP contribution in [0.2, 0.25) is 0 Å². The summed E-state index contributed by atoms with van der Waals surface area (Å²) in [4.78, 5) is 28.9. The Bertz CT molecular complexity index is 1030. The first-order chi connectivity index (χ1) is 13.3. The lowest BCUT2D eigenvalue weighted by molar-refractivity contribution is -0.136. The van der Waals surface area contributed by atoms with Crippen LogP contribution in [0.25, 0.3) is 0 Å². The summed E-state index contributed by atoms with van der Waals surface area (Å²) >= 11 is 0. The average molecular weight is 384 g/mol. The van der Waals surface area contributed by atoms with Crippen LogP contribution in [0.1, 0.15) is 23.0 Å². The number of aromatic nitrogens is 2. The van der Waals surface area contributed by atoms with E-state index in [0.29, 0.717) is 11.4 Å². The van der Waals surface area contributed by atoms with Crippen LogP contribution in [-0.2, 0) is 16.6 Å². The first-order valence-corrected chi connectivity index (χ1v) is 8.46. The Morgan fingerprint density at radius 3 is 2.57 bits per heavy atom. The third kappa shape index (κ3) is 4.22. The van der Waals surface area contributed by atoms with Crippen LogP contribution in [-0.4, -0.2) is 21.4 Å². The van der Waals surface area contributed by atoms with Crippen LogP contribution in [0.3, 0.4) is 0 Å². The van der Waals surface area contributed by atoms with Gasteiger partial charge >= 0.3 is 11.8 Å². The summed E-state index contributed by atoms with van der Waals surface area (Å²) in [7, 11) is 1.71. The molecule has 2 N–H and O–H groups in total. The molecule has 0 fully saturated rings. The smallest absolute Gasteiger partial charge is 0.313 e. The van der Waals surface area contributed by atoms with Crippen molar-refractivity contribution < 1.29 is 18.4 Å². The molecule has 3 rings (SSSR count). The van der Waals surface area contributed by atoms with Crippen molar-refractivity contribution in [1.29, 1.82) is 0 Å². The van der Waals surface area contributed by atoms with E-state index < -0.39 is 29.5 Å². The average Bonchev–Trinajstić information content (AvgIpc) is 3.08. The van der Waals surface area contributed by atoms with Crippen LogP contribution < -0.4 is 10.6 Å². The fraction of sp³-hybridized carbons (Fsp3) is 0.150. The van der Waals surface area contributed by atoms with Crippen molar-refractivity contribution in [3.8, 4) is 0 Å². The summed E-state index contributed by atoms with van der Waals surface area (Å²) in [6.07, 6.45) is 3.19. The highest BCUT2D eigenvalue weighted by Crippen LogP contribution is 2.21. The zero-order valence-corrected chi connectivity index (χ0v) is 15.2. The lowest BCUT2D eigenvalue weighted by Gasteiger charge is -2.19. The third-order valence-electron chi connectivity index (χ3n) is 4.15. The van der Waals surface area contributed by atoms with E-state index in [1.165, 1.54) is 36.5 Å². The molecule has 1 atom stereocenters. The quantitative estimate of drug-likeness (QED) is 0.679. The van der Waals surface area contributed by atoms with E-state index in [9.17, 15) is 18.4 Å². The van der Waals surface area contributed by atoms with Gasteiger partial charge in [0, 0.05) is 19.4 Å². The maximum absolute atomic E-state index is 13.8. The molecule has 2 amide bonds. The third-order valence-corrected chi connectivity index (χ3v) is 4.15. The minimum Gasteiger partial charge on any atom is -0.336 e. The molecule has 0 aliphatic heterocycles. The second-order valence-electron chi connectivity index (χ2n) is 6.30. The number of amides is 2. The molecule has 3 aromatic rings. The lowest BCUT2D eigenvalue weighted by Crippen LogP contribution is -2.39. The number of carbonyl (C=O) groups excluding carboxylic acids is 2. The number of nitrogens with zero attached hydrogens (tertiary/aromatic N) is 2. The van der Waals surface area contributed by atoms with Crippen LogP contribution in [0.5, 0.6) is 0 Å². The molecule has 28 heavy (non-hydrogen) atoms. The standard InChI is InChI=1S/C20H18F2N4O2/c1-12-6-7-15(22)16(10-12)24-19(27)20(28)25-17(18-23-8-9-26(18)2)13-4-3-5-14(21)11-13/h3-11,17H,1-2H3,(H,24,27)(H,25,28). The summed E-state index contributed by atoms with van der Waals surface area (Å²) in [5, 5.41) is 4.79. The summed E-state index contributed by atoms with van der Waals surface area (Å²) in [6.45, 7) is 1.73. The highest BCUT2D eigenvalue weighted by Gasteiger charge is 2.25. The van der Waals surface area contributed by atoms with Crippen molar-refractivity contribution in [2.45, 2.75) is 13.0 Å². The molecule has 0 bridgehead atoms. The Labute approximate surface area is 160 Å². The number of rotatable bonds is 4. The number of hydrogen-bond acceptors (Lipinski definition) is 3. The van der Waals surface area contributed by atoms with Crippen LogP contribution in [0, 0.1) is 18.6 Å². The van der Waals surface area contributed by atoms with Crippen LogP contribution in [0.4, 0.5) is 14.5 Å². The first kappa shape index (κ1) is 19.2. The lowest BCUT2D eigenvalue weighted by atomic mass is 10.1. The first-order valence-electron chi connectivity index (χ1n) is 8.46. The zero-order valence-electron chi connectivity index (χ0n) is 15.2. The summed E-state index contributed by atoms with van der Waals surface area (Å²) in [5.74, 6) is -2.78. The molecule has 6 nitrogen and oxygen atoms in total. The number of imidazole rings is 1. The van der Waals surface area contributed by atoms with E-state index in [0.717, 1.165) is 5.56 Å². The molecule has 0 saturated heterocycles. The number of anilines is 1. The van der Waals surface area contributed by atoms with Gasteiger partial charge in [0.05, 0.1) is 5.69 Å². The molecule has 1 aromatic heterocycles. The predicted molar refractivity (Wildman–Crippen MR) is 99.4 cm³/mol. The Balaban J connectivity index is 1.84. The second-order valence-corrected chi connectivity index (χ2v) is 6.30. The molecule has 0 aliphatic carbocycles. The summed E-state index contributed by atoms with van der Waals surface area (Å²) in [6, 6.07) is 8.93. The van der Waals surface area contributed by atoms with Crippen LogP contribution in [0.15, 0.2) is 54.9 Å². The minimum atomic E-state index is -1.04. The largest absolute Gasteiger partial charge is 0.336 e. The Morgan fingerprint density at radius 1 is 1.11 bits per heavy atom. The van der Waals surface area contributed by atoms with E-state index in [1.807, 2.05) is 0 Å². The van der Waals surface area contributed by atoms with Gasteiger partial charge in [-0.05, 0) is 42.3 Å². The van der Waals surface area contributed by atoms with Gasteiger partial charge in [-0.15, -0.1) is 0 Å². The molecule has 0 spiro atoms. The second kappa shape index (κ2) is 7.99. The Hall–Kier alpha value is -3.55. The minimum absolute atomic E-state index is 0.0977. The maximum Gasteiger partial charge on any atom is 0.313 e. The van der Waals surface area contributed by atoms with Crippen molar-refractivity contribution >= 4 is 17.5 Å². The SMILES string of the molecule is Cc1ccc(F)c(NC(=O)C(=O)NC(c2cccc(F)c2)c2nccn2C)c1. The van der Waals surface area contributed by atoms with Crippen LogP contribution >= 0.6 is 0 Å². The number of hydrogen-bond donors (Lipinski definition) is 2. The number of aryl methyl sites for hydroxylation is 2. The summed E-state index contributed by atoms with van der Waals surface area (Å²) < 4.78 is 29.2. The Kier molecular flexibility index (Phi) is 5.49. The molecular weight excluding hydrogens is 366 g/mol. The van der Waals surface area contributed by atoms with E-state index in [4.69, 9.17) is 0 Å². The fourth-order valence-electron chi connectivity index (χ4n) is 2.75. The van der Waals surface area contributed by atoms with Crippen molar-refractivity contribution in [3.63, 3.8) is 0 Å². The van der Waals surface area contributed by atoms with Gasteiger partial charge in [0.15, 0.2) is 0 Å². The van der Waals surface area contributed by atoms with E-state index >= 15 is 0 Å². The molecule has 0 saturated carbocycles. The van der Waals surface area contributed by atoms with Gasteiger partial charge in [-0.25, -0.2) is 13.8 Å². The van der Waals surface area contributed by atoms with Gasteiger partial charge in [-0.2, -0.15) is 0 Å². The van der Waals surface area contributed by atoms with Gasteiger partial charge in [0.2, 0.25) is 0 Å². The summed E-state index contributed by atoms with van der Waals surface area (Å²) in [5.41, 5.74) is 1.04. The highest BCUT2D eigenvalue weighted by atomic mass is 19.1. The highest BCUT2D eigenvalue weighted by molar-refractivity contribution is 6.39. The predicted octanol–water partition coefficient (Wildman–Crippen LogP) is 2.85. The number of nitrogens with one attached hydrogen (secondary N) is 2. The maximum atomic E-state index is 13.8. The monoisotopic (exact) mass is 384 g/mol. The van der Waals surface area contributed by atoms with Gasteiger partial charge in [-0.1, -0.05) is 18.2 Å². The molecule has 1 heterocycles. The van der Waals surface area contributed by atoms with Gasteiger partial charge < -0.3 is 15.2 Å². The van der Waals surface area contributed by atoms with Crippen molar-refractivity contribution in [2.24, 2.45) is 7.05 Å². The molecule has 0 aliphatic rings. The fourth-order valence-corrected chi connectivity index (χ4v) is 2.75. The molecule has 144 valence electrons. The number of carbonyl (C=O) groups is 2. The zero-order chi connectivity index (χ0) is 20.3. The Morgan fingerprint density at radius 2 is 1.89 bits per heavy atom. The van der Waals surface area contributed by atoms with Gasteiger partial charge in [0.25, 0.3) is 0 Å². The topological polar surface area (TPSA) is 76.0 Å². The van der Waals surface area contributed by atoms with Crippen molar-refractivity contribution in [2.75, 3.05) is 5.32 Å². The molecule has 2 aromatic carbocycles. The van der Waals surface area contributed by atoms with E-state index in [1.54, 1.807) is 36.9 Å². The number of benzene rings is 2. The van der Waals surface area contributed by atoms with E-state index in [-0.39, 0.29) is 5.69 Å². The number of halogens is 2. The molecule has 8 heteroatoms. The molecular formula is C20H18F2N4O2. The normalized spacial score (nSPS) is 11.7. The molecule has 1 unspecified atom stereocenters. The van der Waals surface area contributed by atoms with E-state index in [2.05, 4.69) is 15.6 Å². The van der Waals surface area contributed by atoms with Crippen molar-refractivity contribution in [1.82, 2.24) is 14.9 Å². The van der Waals surface area contributed by atoms with Crippen molar-refractivity contribution in [3.05, 3.63) is 83.4 Å². The van der Waals surface area contributed by atoms with Gasteiger partial charge in [-0.3, -0.25) is 9.59 Å².